The van der Waals surface area contributed by atoms with Crippen LogP contribution in [0.3, 0.4) is 0 Å². The molecular formula is C37H36ClF2N5O3. The Labute approximate surface area is 282 Å². The van der Waals surface area contributed by atoms with Crippen LogP contribution in [-0.2, 0) is 4.74 Å². The Morgan fingerprint density at radius 1 is 1.10 bits per heavy atom. The van der Waals surface area contributed by atoms with Crippen molar-refractivity contribution in [2.24, 2.45) is 5.41 Å². The number of aromatic hydroxyl groups is 1. The molecule has 9 rings (SSSR count). The van der Waals surface area contributed by atoms with Gasteiger partial charge in [0.05, 0.1) is 35.0 Å². The maximum absolute atomic E-state index is 17.0. The SMILES string of the molecule is C#Cc1c(Cl)ccc2cc(O)cc(-c3c(F)cc4c(N5CC6CCC(C5)N6)nc(OCC5(CN6CCOC7(CC7)C6)CC5)nc4c3F)c12. The number of piperazine rings is 1. The molecule has 248 valence electrons. The van der Waals surface area contributed by atoms with Crippen LogP contribution in [0.4, 0.5) is 14.6 Å². The lowest BCUT2D eigenvalue weighted by Crippen LogP contribution is -2.51. The highest BCUT2D eigenvalue weighted by Crippen LogP contribution is 2.49. The number of halogens is 3. The third-order valence-electron chi connectivity index (χ3n) is 11.0. The maximum atomic E-state index is 17.0. The predicted molar refractivity (Wildman–Crippen MR) is 181 cm³/mol. The minimum atomic E-state index is -0.879. The van der Waals surface area contributed by atoms with E-state index in [1.54, 1.807) is 12.1 Å². The van der Waals surface area contributed by atoms with Gasteiger partial charge in [0.15, 0.2) is 5.82 Å². The normalized spacial score (nSPS) is 23.9. The highest BCUT2D eigenvalue weighted by Gasteiger charge is 2.51. The molecule has 8 nitrogen and oxygen atoms in total. The third kappa shape index (κ3) is 5.23. The van der Waals surface area contributed by atoms with Crippen LogP contribution in [0.5, 0.6) is 11.8 Å². The van der Waals surface area contributed by atoms with Crippen molar-refractivity contribution in [2.45, 2.75) is 56.2 Å². The van der Waals surface area contributed by atoms with Gasteiger partial charge in [0, 0.05) is 66.6 Å². The summed E-state index contributed by atoms with van der Waals surface area (Å²) in [7, 11) is 0. The minimum Gasteiger partial charge on any atom is -0.508 e. The second-order valence-electron chi connectivity index (χ2n) is 14.5. The van der Waals surface area contributed by atoms with Crippen molar-refractivity contribution in [1.82, 2.24) is 20.2 Å². The number of rotatable bonds is 7. The van der Waals surface area contributed by atoms with Crippen LogP contribution in [0.25, 0.3) is 32.8 Å². The molecule has 2 saturated carbocycles. The molecule has 2 bridgehead atoms. The van der Waals surface area contributed by atoms with E-state index in [4.69, 9.17) is 32.5 Å². The van der Waals surface area contributed by atoms with Gasteiger partial charge in [0.1, 0.15) is 22.9 Å². The molecule has 1 aromatic heterocycles. The van der Waals surface area contributed by atoms with Gasteiger partial charge in [0.2, 0.25) is 0 Å². The minimum absolute atomic E-state index is 0.0159. The van der Waals surface area contributed by atoms with Crippen molar-refractivity contribution in [2.75, 3.05) is 50.8 Å². The van der Waals surface area contributed by atoms with Crippen LogP contribution in [0.15, 0.2) is 30.3 Å². The van der Waals surface area contributed by atoms with Crippen LogP contribution in [0, 0.1) is 29.4 Å². The lowest BCUT2D eigenvalue weighted by Gasteiger charge is -2.35. The number of aromatic nitrogens is 2. The van der Waals surface area contributed by atoms with Crippen LogP contribution in [0.1, 0.15) is 44.1 Å². The molecule has 2 atom stereocenters. The van der Waals surface area contributed by atoms with Crippen molar-refractivity contribution < 1.29 is 23.4 Å². The van der Waals surface area contributed by atoms with Crippen LogP contribution < -0.4 is 15.0 Å². The van der Waals surface area contributed by atoms with E-state index in [0.717, 1.165) is 64.8 Å². The quantitative estimate of drug-likeness (QED) is 0.231. The first kappa shape index (κ1) is 30.3. The average Bonchev–Trinajstić information content (AvgIpc) is 3.99. The van der Waals surface area contributed by atoms with E-state index in [0.29, 0.717) is 36.3 Å². The Bertz CT molecular complexity index is 2010. The number of phenolic OH excluding ortho intramolecular Hbond substituents is 1. The largest absolute Gasteiger partial charge is 0.508 e. The van der Waals surface area contributed by atoms with Crippen LogP contribution >= 0.6 is 11.6 Å². The van der Waals surface area contributed by atoms with E-state index in [-0.39, 0.29) is 67.5 Å². The van der Waals surface area contributed by atoms with E-state index < -0.39 is 11.6 Å². The molecule has 3 aliphatic heterocycles. The first-order valence-electron chi connectivity index (χ1n) is 16.8. The van der Waals surface area contributed by atoms with Gasteiger partial charge in [-0.15, -0.1) is 6.42 Å². The van der Waals surface area contributed by atoms with E-state index in [1.165, 1.54) is 18.2 Å². The molecule has 5 fully saturated rings. The molecule has 2 aliphatic carbocycles. The summed E-state index contributed by atoms with van der Waals surface area (Å²) in [5, 5.41) is 15.7. The van der Waals surface area contributed by atoms with Gasteiger partial charge in [-0.05, 0) is 68.2 Å². The molecule has 4 aromatic rings. The van der Waals surface area contributed by atoms with Gasteiger partial charge in [-0.25, -0.2) is 8.78 Å². The highest BCUT2D eigenvalue weighted by molar-refractivity contribution is 6.33. The molecule has 0 radical (unpaired) electrons. The molecule has 5 aliphatic rings. The summed E-state index contributed by atoms with van der Waals surface area (Å²) < 4.78 is 45.7. The number of nitrogens with one attached hydrogen (secondary N) is 1. The predicted octanol–water partition coefficient (Wildman–Crippen LogP) is 6.03. The van der Waals surface area contributed by atoms with E-state index in [9.17, 15) is 5.11 Å². The topological polar surface area (TPSA) is 83.0 Å². The van der Waals surface area contributed by atoms with Gasteiger partial charge in [0.25, 0.3) is 0 Å². The van der Waals surface area contributed by atoms with E-state index in [2.05, 4.69) is 26.0 Å². The van der Waals surface area contributed by atoms with Crippen molar-refractivity contribution in [1.29, 1.82) is 0 Å². The smallest absolute Gasteiger partial charge is 0.319 e. The zero-order chi connectivity index (χ0) is 32.8. The van der Waals surface area contributed by atoms with Crippen LogP contribution in [0.2, 0.25) is 5.02 Å². The van der Waals surface area contributed by atoms with Crippen molar-refractivity contribution in [3.63, 3.8) is 0 Å². The molecule has 3 saturated heterocycles. The van der Waals surface area contributed by atoms with Gasteiger partial charge in [-0.2, -0.15) is 9.97 Å². The summed E-state index contributed by atoms with van der Waals surface area (Å²) in [5.74, 6) is 1.17. The first-order chi connectivity index (χ1) is 23.2. The molecule has 2 unspecified atom stereocenters. The summed E-state index contributed by atoms with van der Waals surface area (Å²) in [6.45, 7) is 5.25. The summed E-state index contributed by atoms with van der Waals surface area (Å²) in [6, 6.07) is 7.99. The lowest BCUT2D eigenvalue weighted by atomic mass is 9.93. The van der Waals surface area contributed by atoms with E-state index >= 15 is 8.78 Å². The third-order valence-corrected chi connectivity index (χ3v) is 11.3. The fourth-order valence-electron chi connectivity index (χ4n) is 8.16. The molecular weight excluding hydrogens is 636 g/mol. The van der Waals surface area contributed by atoms with Gasteiger partial charge >= 0.3 is 6.01 Å². The molecule has 2 N–H and O–H groups in total. The lowest BCUT2D eigenvalue weighted by molar-refractivity contribution is -0.0532. The summed E-state index contributed by atoms with van der Waals surface area (Å²) in [4.78, 5) is 14.0. The molecule has 3 aromatic carbocycles. The molecule has 11 heteroatoms. The number of morpholine rings is 1. The number of hydrogen-bond donors (Lipinski definition) is 2. The fraction of sp³-hybridized carbons (Fsp3) is 0.459. The van der Waals surface area contributed by atoms with Crippen molar-refractivity contribution in [3.05, 3.63) is 52.6 Å². The highest BCUT2D eigenvalue weighted by atomic mass is 35.5. The number of benzene rings is 3. The molecule has 48 heavy (non-hydrogen) atoms. The Kier molecular flexibility index (Phi) is 7.04. The second kappa shape index (κ2) is 11.1. The number of nitrogens with zero attached hydrogens (tertiary/aromatic N) is 4. The Hall–Kier alpha value is -3.75. The van der Waals surface area contributed by atoms with Crippen molar-refractivity contribution in [3.8, 4) is 35.2 Å². The molecule has 0 amide bonds. The van der Waals surface area contributed by atoms with Gasteiger partial charge in [-0.1, -0.05) is 23.6 Å². The number of ether oxygens (including phenoxy) is 2. The fourth-order valence-corrected chi connectivity index (χ4v) is 8.37. The average molecular weight is 672 g/mol. The summed E-state index contributed by atoms with van der Waals surface area (Å²) in [5.41, 5.74) is 0.0134. The van der Waals surface area contributed by atoms with Crippen LogP contribution in [-0.4, -0.2) is 83.6 Å². The number of anilines is 1. The molecule has 1 spiro atoms. The summed E-state index contributed by atoms with van der Waals surface area (Å²) >= 11 is 6.44. The zero-order valence-corrected chi connectivity index (χ0v) is 27.3. The Morgan fingerprint density at radius 3 is 2.62 bits per heavy atom. The second-order valence-corrected chi connectivity index (χ2v) is 14.9. The van der Waals surface area contributed by atoms with Gasteiger partial charge in [-0.3, -0.25) is 4.90 Å². The van der Waals surface area contributed by atoms with E-state index in [1.807, 2.05) is 0 Å². The number of phenols is 1. The standard InChI is InChI=1S/C37H36ClF2N5O3/c1-2-25-28(38)6-3-21-13-24(46)14-26(30(21)25)31-29(39)15-27-33(32(31)40)42-35(43-34(27)45-16-22-4-5-23(17-45)41-22)47-20-36(7-8-36)18-44-11-12-48-37(19-44)9-10-37/h1,3,6,13-15,22-23,41,46H,4-5,7-12,16-20H2. The monoisotopic (exact) mass is 671 g/mol. The Balaban J connectivity index is 1.13. The number of hydrogen-bond acceptors (Lipinski definition) is 8. The van der Waals surface area contributed by atoms with Crippen molar-refractivity contribution >= 4 is 39.1 Å². The maximum Gasteiger partial charge on any atom is 0.319 e. The number of terminal acetylenes is 1. The number of fused-ring (bicyclic) bond motifs is 4. The molecule has 4 heterocycles. The summed E-state index contributed by atoms with van der Waals surface area (Å²) in [6.07, 6.45) is 12.2. The first-order valence-corrected chi connectivity index (χ1v) is 17.2. The Morgan fingerprint density at radius 2 is 1.90 bits per heavy atom. The van der Waals surface area contributed by atoms with Gasteiger partial charge < -0.3 is 24.8 Å². The zero-order valence-electron chi connectivity index (χ0n) is 26.5.